The molecule has 0 atom stereocenters. The molecule has 0 saturated heterocycles. The molecule has 0 aliphatic carbocycles. The second kappa shape index (κ2) is 9.14. The summed E-state index contributed by atoms with van der Waals surface area (Å²) in [6.45, 7) is 4.77. The first-order valence-corrected chi connectivity index (χ1v) is 10.7. The zero-order chi connectivity index (χ0) is 21.8. The monoisotopic (exact) mass is 435 g/mol. The van der Waals surface area contributed by atoms with Crippen LogP contribution in [0.2, 0.25) is 0 Å². The van der Waals surface area contributed by atoms with Gasteiger partial charge >= 0.3 is 0 Å². The number of nitrogens with zero attached hydrogens (tertiary/aromatic N) is 2. The number of benzene rings is 2. The van der Waals surface area contributed by atoms with Crippen molar-refractivity contribution in [2.75, 3.05) is 5.32 Å². The van der Waals surface area contributed by atoms with Crippen molar-refractivity contribution < 1.29 is 13.9 Å². The summed E-state index contributed by atoms with van der Waals surface area (Å²) in [5, 5.41) is 8.96. The molecule has 0 unspecified atom stereocenters. The second-order valence-corrected chi connectivity index (χ2v) is 8.19. The van der Waals surface area contributed by atoms with Gasteiger partial charge in [-0.2, -0.15) is 5.10 Å². The Hall–Kier alpha value is -3.45. The summed E-state index contributed by atoms with van der Waals surface area (Å²) in [5.74, 6) is 0.352. The van der Waals surface area contributed by atoms with Crippen LogP contribution in [0.15, 0.2) is 66.3 Å². The molecule has 1 N–H and O–H groups in total. The van der Waals surface area contributed by atoms with Gasteiger partial charge in [0.15, 0.2) is 0 Å². The van der Waals surface area contributed by atoms with Crippen molar-refractivity contribution in [1.82, 2.24) is 9.78 Å². The zero-order valence-corrected chi connectivity index (χ0v) is 18.1. The zero-order valence-electron chi connectivity index (χ0n) is 17.3. The minimum absolute atomic E-state index is 0.214. The molecule has 0 bridgehead atoms. The number of rotatable bonds is 7. The molecular formula is C24H22FN3O2S. The first-order valence-electron chi connectivity index (χ1n) is 9.83. The Balaban J connectivity index is 1.35. The number of carbonyl (C=O) groups is 1. The highest BCUT2D eigenvalue weighted by molar-refractivity contribution is 7.12. The smallest absolute Gasteiger partial charge is 0.265 e. The van der Waals surface area contributed by atoms with Crippen LogP contribution < -0.4 is 10.1 Å². The lowest BCUT2D eigenvalue weighted by molar-refractivity contribution is 0.103. The largest absolute Gasteiger partial charge is 0.489 e. The number of carbonyl (C=O) groups excluding carboxylic acids is 1. The molecule has 0 aliphatic rings. The number of ether oxygens (including phenoxy) is 1. The van der Waals surface area contributed by atoms with Crippen molar-refractivity contribution in [3.05, 3.63) is 99.3 Å². The predicted molar refractivity (Wildman–Crippen MR) is 120 cm³/mol. The summed E-state index contributed by atoms with van der Waals surface area (Å²) in [6.07, 6.45) is 3.24. The summed E-state index contributed by atoms with van der Waals surface area (Å²) in [5.41, 5.74) is 4.32. The van der Waals surface area contributed by atoms with Gasteiger partial charge < -0.3 is 10.1 Å². The maximum absolute atomic E-state index is 13.8. The first kappa shape index (κ1) is 20.8. The van der Waals surface area contributed by atoms with Crippen LogP contribution in [0.4, 0.5) is 10.1 Å². The van der Waals surface area contributed by atoms with Crippen LogP contribution in [0.5, 0.6) is 5.75 Å². The van der Waals surface area contributed by atoms with E-state index in [0.717, 1.165) is 16.9 Å². The van der Waals surface area contributed by atoms with E-state index in [2.05, 4.69) is 10.4 Å². The summed E-state index contributed by atoms with van der Waals surface area (Å²) < 4.78 is 21.3. The number of amides is 1. The maximum Gasteiger partial charge on any atom is 0.265 e. The van der Waals surface area contributed by atoms with Crippen LogP contribution in [0.1, 0.15) is 31.9 Å². The number of anilines is 1. The van der Waals surface area contributed by atoms with Gasteiger partial charge in [0.25, 0.3) is 5.91 Å². The third-order valence-electron chi connectivity index (χ3n) is 5.01. The van der Waals surface area contributed by atoms with E-state index in [0.29, 0.717) is 29.3 Å². The van der Waals surface area contributed by atoms with Crippen molar-refractivity contribution in [3.8, 4) is 5.75 Å². The molecule has 0 fully saturated rings. The average Bonchev–Trinajstić information content (AvgIpc) is 3.40. The summed E-state index contributed by atoms with van der Waals surface area (Å²) in [7, 11) is 0. The van der Waals surface area contributed by atoms with Crippen molar-refractivity contribution in [1.29, 1.82) is 0 Å². The second-order valence-electron chi connectivity index (χ2n) is 7.28. The van der Waals surface area contributed by atoms with Gasteiger partial charge in [0.2, 0.25) is 0 Å². The summed E-state index contributed by atoms with van der Waals surface area (Å²) in [4.78, 5) is 13.2. The Kier molecular flexibility index (Phi) is 6.13. The highest BCUT2D eigenvalue weighted by Crippen LogP contribution is 2.23. The molecular weight excluding hydrogens is 413 g/mol. The number of aromatic nitrogens is 2. The molecule has 0 saturated carbocycles. The SMILES string of the molecule is Cc1cccc(OCc2csc(C(=O)Nc3cnn(Cc4ccccc4F)c3)c2)c1C. The van der Waals surface area contributed by atoms with Crippen LogP contribution in [-0.4, -0.2) is 15.7 Å². The normalized spacial score (nSPS) is 10.8. The summed E-state index contributed by atoms with van der Waals surface area (Å²) >= 11 is 1.36. The molecule has 2 heterocycles. The van der Waals surface area contributed by atoms with E-state index in [-0.39, 0.29) is 11.7 Å². The fraction of sp³-hybridized carbons (Fsp3) is 0.167. The summed E-state index contributed by atoms with van der Waals surface area (Å²) in [6, 6.07) is 14.3. The maximum atomic E-state index is 13.8. The lowest BCUT2D eigenvalue weighted by Crippen LogP contribution is -2.09. The van der Waals surface area contributed by atoms with Gasteiger partial charge in [0, 0.05) is 17.3 Å². The van der Waals surface area contributed by atoms with Crippen molar-refractivity contribution in [3.63, 3.8) is 0 Å². The van der Waals surface area contributed by atoms with E-state index >= 15 is 0 Å². The molecule has 4 aromatic rings. The van der Waals surface area contributed by atoms with Crippen molar-refractivity contribution in [2.24, 2.45) is 0 Å². The Morgan fingerprint density at radius 3 is 2.87 bits per heavy atom. The fourth-order valence-electron chi connectivity index (χ4n) is 3.12. The molecule has 1 amide bonds. The van der Waals surface area contributed by atoms with Gasteiger partial charge in [-0.25, -0.2) is 4.39 Å². The van der Waals surface area contributed by atoms with Crippen LogP contribution in [0.25, 0.3) is 0 Å². The first-order chi connectivity index (χ1) is 15.0. The van der Waals surface area contributed by atoms with E-state index < -0.39 is 0 Å². The minimum Gasteiger partial charge on any atom is -0.489 e. The molecule has 31 heavy (non-hydrogen) atoms. The molecule has 7 heteroatoms. The Morgan fingerprint density at radius 1 is 1.19 bits per heavy atom. The van der Waals surface area contributed by atoms with Gasteiger partial charge in [-0.1, -0.05) is 30.3 Å². The molecule has 4 rings (SSSR count). The quantitative estimate of drug-likeness (QED) is 0.412. The molecule has 158 valence electrons. The van der Waals surface area contributed by atoms with Crippen LogP contribution >= 0.6 is 11.3 Å². The molecule has 0 spiro atoms. The number of thiophene rings is 1. The number of halogens is 1. The third kappa shape index (κ3) is 5.00. The Bertz CT molecular complexity index is 1220. The van der Waals surface area contributed by atoms with E-state index in [1.165, 1.54) is 23.0 Å². The Labute approximate surface area is 184 Å². The molecule has 0 radical (unpaired) electrons. The van der Waals surface area contributed by atoms with E-state index in [9.17, 15) is 9.18 Å². The molecule has 0 aliphatic heterocycles. The lowest BCUT2D eigenvalue weighted by atomic mass is 10.1. The van der Waals surface area contributed by atoms with Crippen molar-refractivity contribution >= 4 is 22.9 Å². The van der Waals surface area contributed by atoms with Crippen LogP contribution in [0.3, 0.4) is 0 Å². The number of nitrogens with one attached hydrogen (secondary N) is 1. The van der Waals surface area contributed by atoms with E-state index in [4.69, 9.17) is 4.74 Å². The molecule has 2 aromatic carbocycles. The average molecular weight is 436 g/mol. The van der Waals surface area contributed by atoms with Gasteiger partial charge in [-0.15, -0.1) is 11.3 Å². The predicted octanol–water partition coefficient (Wildman–Crippen LogP) is 5.58. The van der Waals surface area contributed by atoms with Crippen LogP contribution in [0, 0.1) is 19.7 Å². The van der Waals surface area contributed by atoms with E-state index in [1.807, 2.05) is 43.5 Å². The van der Waals surface area contributed by atoms with Gasteiger partial charge in [-0.3, -0.25) is 9.48 Å². The molecule has 2 aromatic heterocycles. The van der Waals surface area contributed by atoms with E-state index in [1.54, 1.807) is 35.3 Å². The number of hydrogen-bond donors (Lipinski definition) is 1. The number of hydrogen-bond acceptors (Lipinski definition) is 4. The van der Waals surface area contributed by atoms with Crippen molar-refractivity contribution in [2.45, 2.75) is 27.0 Å². The highest BCUT2D eigenvalue weighted by atomic mass is 32.1. The fourth-order valence-corrected chi connectivity index (χ4v) is 3.91. The third-order valence-corrected chi connectivity index (χ3v) is 5.99. The van der Waals surface area contributed by atoms with Gasteiger partial charge in [0.05, 0.1) is 23.3 Å². The highest BCUT2D eigenvalue weighted by Gasteiger charge is 2.12. The van der Waals surface area contributed by atoms with Crippen LogP contribution in [-0.2, 0) is 13.2 Å². The lowest BCUT2D eigenvalue weighted by Gasteiger charge is -2.09. The minimum atomic E-state index is -0.280. The standard InChI is InChI=1S/C24H22FN3O2S/c1-16-6-5-9-22(17(16)2)30-14-18-10-23(31-15-18)24(29)27-20-11-26-28(13-20)12-19-7-3-4-8-21(19)25/h3-11,13,15H,12,14H2,1-2H3,(H,27,29). The van der Waals surface area contributed by atoms with Gasteiger partial charge in [-0.05, 0) is 48.6 Å². The number of aryl methyl sites for hydroxylation is 1. The Morgan fingerprint density at radius 2 is 2.03 bits per heavy atom. The van der Waals surface area contributed by atoms with Gasteiger partial charge in [0.1, 0.15) is 18.2 Å². The topological polar surface area (TPSA) is 56.1 Å². The molecule has 5 nitrogen and oxygen atoms in total.